The Balaban J connectivity index is 1.73. The minimum Gasteiger partial charge on any atom is -0.494 e. The van der Waals surface area contributed by atoms with Gasteiger partial charge in [-0.3, -0.25) is 19.5 Å². The molecule has 6 nitrogen and oxygen atoms in total. The zero-order valence-electron chi connectivity index (χ0n) is 16.8. The molecule has 1 aliphatic rings. The molecule has 2 aromatic carbocycles. The summed E-state index contributed by atoms with van der Waals surface area (Å²) in [4.78, 5) is 31.7. The first-order valence-electron chi connectivity index (χ1n) is 9.82. The minimum atomic E-state index is -0.484. The maximum absolute atomic E-state index is 13.7. The van der Waals surface area contributed by atoms with E-state index in [0.29, 0.717) is 23.6 Å². The monoisotopic (exact) mass is 417 g/mol. The lowest BCUT2D eigenvalue weighted by atomic mass is 10.0. The van der Waals surface area contributed by atoms with Gasteiger partial charge in [-0.25, -0.2) is 4.39 Å². The third-order valence-corrected chi connectivity index (χ3v) is 4.78. The zero-order valence-corrected chi connectivity index (χ0v) is 16.8. The number of rotatable bonds is 7. The normalized spacial score (nSPS) is 13.7. The molecule has 4 rings (SSSR count). The Kier molecular flexibility index (Phi) is 5.75. The number of anilines is 1. The molecular weight excluding hydrogens is 397 g/mol. The number of benzene rings is 2. The van der Waals surface area contributed by atoms with E-state index in [2.05, 4.69) is 10.3 Å². The van der Waals surface area contributed by atoms with Gasteiger partial charge in [0.2, 0.25) is 0 Å². The van der Waals surface area contributed by atoms with E-state index in [1.54, 1.807) is 54.9 Å². The first kappa shape index (κ1) is 20.3. The van der Waals surface area contributed by atoms with E-state index >= 15 is 0 Å². The average molecular weight is 417 g/mol. The SMILES string of the molecule is CCOc1ccc(C2=C(Nc3cccc(F)c3)C(=O)N(Cc3cccnc3)C2=O)cc1. The highest BCUT2D eigenvalue weighted by Gasteiger charge is 2.39. The molecule has 156 valence electrons. The van der Waals surface area contributed by atoms with Gasteiger partial charge in [0.25, 0.3) is 11.8 Å². The number of imide groups is 1. The first-order chi connectivity index (χ1) is 15.1. The van der Waals surface area contributed by atoms with Crippen molar-refractivity contribution in [3.63, 3.8) is 0 Å². The molecule has 0 unspecified atom stereocenters. The molecule has 0 saturated heterocycles. The van der Waals surface area contributed by atoms with Crippen molar-refractivity contribution >= 4 is 23.1 Å². The number of ether oxygens (including phenoxy) is 1. The molecule has 1 N–H and O–H groups in total. The maximum Gasteiger partial charge on any atom is 0.278 e. The number of hydrogen-bond donors (Lipinski definition) is 1. The molecule has 0 fully saturated rings. The van der Waals surface area contributed by atoms with Gasteiger partial charge in [0.05, 0.1) is 18.7 Å². The summed E-state index contributed by atoms with van der Waals surface area (Å²) >= 11 is 0. The molecule has 0 aliphatic carbocycles. The fourth-order valence-electron chi connectivity index (χ4n) is 3.37. The Bertz CT molecular complexity index is 1140. The van der Waals surface area contributed by atoms with Crippen LogP contribution in [0.1, 0.15) is 18.1 Å². The van der Waals surface area contributed by atoms with Crippen LogP contribution in [0.4, 0.5) is 10.1 Å². The maximum atomic E-state index is 13.7. The lowest BCUT2D eigenvalue weighted by molar-refractivity contribution is -0.137. The Morgan fingerprint density at radius 3 is 2.52 bits per heavy atom. The van der Waals surface area contributed by atoms with Gasteiger partial charge in [-0.05, 0) is 54.4 Å². The molecule has 3 aromatic rings. The van der Waals surface area contributed by atoms with Crippen molar-refractivity contribution in [2.24, 2.45) is 0 Å². The van der Waals surface area contributed by atoms with Gasteiger partial charge in [0.1, 0.15) is 17.3 Å². The number of hydrogen-bond acceptors (Lipinski definition) is 5. The summed E-state index contributed by atoms with van der Waals surface area (Å²) in [6.07, 6.45) is 3.23. The van der Waals surface area contributed by atoms with Gasteiger partial charge in [-0.1, -0.05) is 24.3 Å². The fourth-order valence-corrected chi connectivity index (χ4v) is 3.37. The molecule has 0 saturated carbocycles. The van der Waals surface area contributed by atoms with Crippen molar-refractivity contribution < 1.29 is 18.7 Å². The van der Waals surface area contributed by atoms with Crippen LogP contribution >= 0.6 is 0 Å². The van der Waals surface area contributed by atoms with Crippen LogP contribution in [-0.2, 0) is 16.1 Å². The summed E-state index contributed by atoms with van der Waals surface area (Å²) in [6, 6.07) is 16.2. The molecule has 31 heavy (non-hydrogen) atoms. The number of carbonyl (C=O) groups excluding carboxylic acids is 2. The summed E-state index contributed by atoms with van der Waals surface area (Å²) in [5.74, 6) is -0.702. The number of nitrogens with zero attached hydrogens (tertiary/aromatic N) is 2. The van der Waals surface area contributed by atoms with Crippen LogP contribution in [0.3, 0.4) is 0 Å². The van der Waals surface area contributed by atoms with E-state index < -0.39 is 17.6 Å². The van der Waals surface area contributed by atoms with Crippen molar-refractivity contribution in [3.05, 3.63) is 95.7 Å². The molecule has 0 spiro atoms. The van der Waals surface area contributed by atoms with Crippen LogP contribution in [-0.4, -0.2) is 28.3 Å². The number of halogens is 1. The van der Waals surface area contributed by atoms with E-state index in [1.165, 1.54) is 18.2 Å². The molecule has 1 aliphatic heterocycles. The summed E-state index contributed by atoms with van der Waals surface area (Å²) in [6.45, 7) is 2.48. The Morgan fingerprint density at radius 2 is 1.84 bits per heavy atom. The number of carbonyl (C=O) groups is 2. The Hall–Kier alpha value is -4.00. The van der Waals surface area contributed by atoms with E-state index in [4.69, 9.17) is 4.74 Å². The smallest absolute Gasteiger partial charge is 0.278 e. The first-order valence-corrected chi connectivity index (χ1v) is 9.82. The van der Waals surface area contributed by atoms with Crippen molar-refractivity contribution in [3.8, 4) is 5.75 Å². The van der Waals surface area contributed by atoms with Crippen molar-refractivity contribution in [2.75, 3.05) is 11.9 Å². The molecule has 2 heterocycles. The van der Waals surface area contributed by atoms with Gasteiger partial charge < -0.3 is 10.1 Å². The summed E-state index contributed by atoms with van der Waals surface area (Å²) in [5, 5.41) is 2.95. The average Bonchev–Trinajstić information content (AvgIpc) is 3.00. The molecule has 0 atom stereocenters. The summed E-state index contributed by atoms with van der Waals surface area (Å²) in [7, 11) is 0. The minimum absolute atomic E-state index is 0.0837. The lowest BCUT2D eigenvalue weighted by Gasteiger charge is -2.15. The van der Waals surface area contributed by atoms with E-state index in [1.807, 2.05) is 6.92 Å². The van der Waals surface area contributed by atoms with Crippen molar-refractivity contribution in [1.82, 2.24) is 9.88 Å². The van der Waals surface area contributed by atoms with Crippen molar-refractivity contribution in [1.29, 1.82) is 0 Å². The largest absolute Gasteiger partial charge is 0.494 e. The van der Waals surface area contributed by atoms with Gasteiger partial charge in [-0.15, -0.1) is 0 Å². The number of amides is 2. The second-order valence-corrected chi connectivity index (χ2v) is 6.90. The highest BCUT2D eigenvalue weighted by molar-refractivity contribution is 6.36. The lowest BCUT2D eigenvalue weighted by Crippen LogP contribution is -2.32. The molecule has 0 radical (unpaired) electrons. The Morgan fingerprint density at radius 1 is 1.03 bits per heavy atom. The van der Waals surface area contributed by atoms with Gasteiger partial charge in [-0.2, -0.15) is 0 Å². The van der Waals surface area contributed by atoms with Crippen LogP contribution in [0.15, 0.2) is 78.8 Å². The fraction of sp³-hybridized carbons (Fsp3) is 0.125. The third-order valence-electron chi connectivity index (χ3n) is 4.78. The number of pyridine rings is 1. The van der Waals surface area contributed by atoms with Gasteiger partial charge in [0, 0.05) is 18.1 Å². The second kappa shape index (κ2) is 8.79. The summed E-state index contributed by atoms with van der Waals surface area (Å²) in [5.41, 5.74) is 1.99. The van der Waals surface area contributed by atoms with Crippen LogP contribution in [0.5, 0.6) is 5.75 Å². The van der Waals surface area contributed by atoms with E-state index in [-0.39, 0.29) is 17.8 Å². The molecular formula is C24H20FN3O3. The van der Waals surface area contributed by atoms with Crippen LogP contribution in [0, 0.1) is 5.82 Å². The van der Waals surface area contributed by atoms with Crippen LogP contribution in [0.2, 0.25) is 0 Å². The quantitative estimate of drug-likeness (QED) is 0.588. The second-order valence-electron chi connectivity index (χ2n) is 6.90. The Labute approximate surface area is 179 Å². The zero-order chi connectivity index (χ0) is 21.8. The molecule has 0 bridgehead atoms. The standard InChI is InChI=1S/C24H20FN3O3/c1-2-31-20-10-8-17(9-11-20)21-22(27-19-7-3-6-18(25)13-19)24(30)28(23(21)29)15-16-5-4-12-26-14-16/h3-14,27H,2,15H2,1H3. The molecule has 2 amide bonds. The predicted molar refractivity (Wildman–Crippen MR) is 114 cm³/mol. The van der Waals surface area contributed by atoms with Crippen LogP contribution in [0.25, 0.3) is 5.57 Å². The van der Waals surface area contributed by atoms with Crippen molar-refractivity contribution in [2.45, 2.75) is 13.5 Å². The van der Waals surface area contributed by atoms with Crippen LogP contribution < -0.4 is 10.1 Å². The van der Waals surface area contributed by atoms with Gasteiger partial charge >= 0.3 is 0 Å². The highest BCUT2D eigenvalue weighted by atomic mass is 19.1. The molecule has 7 heteroatoms. The van der Waals surface area contributed by atoms with E-state index in [9.17, 15) is 14.0 Å². The van der Waals surface area contributed by atoms with E-state index in [0.717, 1.165) is 10.5 Å². The topological polar surface area (TPSA) is 71.5 Å². The number of aromatic nitrogens is 1. The molecule has 1 aromatic heterocycles. The summed E-state index contributed by atoms with van der Waals surface area (Å²) < 4.78 is 19.1. The van der Waals surface area contributed by atoms with Gasteiger partial charge in [0.15, 0.2) is 0 Å². The third kappa shape index (κ3) is 4.30. The highest BCUT2D eigenvalue weighted by Crippen LogP contribution is 2.32. The number of nitrogens with one attached hydrogen (secondary N) is 1. The predicted octanol–water partition coefficient (Wildman–Crippen LogP) is 4.01.